The van der Waals surface area contributed by atoms with Gasteiger partial charge in [-0.15, -0.1) is 0 Å². The third kappa shape index (κ3) is 3.07. The van der Waals surface area contributed by atoms with E-state index in [1.807, 2.05) is 0 Å². The third-order valence-electron chi connectivity index (χ3n) is 10.2. The fourth-order valence-corrected chi connectivity index (χ4v) is 8.22. The first-order valence-electron chi connectivity index (χ1n) is 15.3. The third-order valence-corrected chi connectivity index (χ3v) is 10.2. The summed E-state index contributed by atoms with van der Waals surface area (Å²) >= 11 is 0. The number of rotatable bonds is 2. The Balaban J connectivity index is 1.13. The van der Waals surface area contributed by atoms with Crippen molar-refractivity contribution < 1.29 is 0 Å². The van der Waals surface area contributed by atoms with Gasteiger partial charge < -0.3 is 0 Å². The van der Waals surface area contributed by atoms with Gasteiger partial charge in [-0.3, -0.25) is 0 Å². The number of benzene rings is 8. The van der Waals surface area contributed by atoms with Gasteiger partial charge in [0.15, 0.2) is 0 Å². The highest BCUT2D eigenvalue weighted by Crippen LogP contribution is 2.40. The van der Waals surface area contributed by atoms with E-state index in [2.05, 4.69) is 127 Å². The lowest BCUT2D eigenvalue weighted by atomic mass is 9.78. The van der Waals surface area contributed by atoms with Gasteiger partial charge in [0.1, 0.15) is 0 Å². The Morgan fingerprint density at radius 1 is 0.476 bits per heavy atom. The molecule has 0 heterocycles. The number of hydrogen-bond acceptors (Lipinski definition) is 0. The molecule has 8 aromatic carbocycles. The Bertz CT molecular complexity index is 2530. The molecular formula is C42H28. The Labute approximate surface area is 244 Å². The minimum atomic E-state index is 0.672. The van der Waals surface area contributed by atoms with Crippen LogP contribution in [0.2, 0.25) is 0 Å². The summed E-state index contributed by atoms with van der Waals surface area (Å²) in [4.78, 5) is 0. The zero-order valence-electron chi connectivity index (χ0n) is 23.3. The van der Waals surface area contributed by atoms with Crippen molar-refractivity contribution >= 4 is 66.0 Å². The topological polar surface area (TPSA) is 0 Å². The summed E-state index contributed by atoms with van der Waals surface area (Å²) in [7, 11) is 0. The Kier molecular flexibility index (Phi) is 4.49. The van der Waals surface area contributed by atoms with Crippen molar-refractivity contribution in [2.75, 3.05) is 0 Å². The van der Waals surface area contributed by atoms with Gasteiger partial charge in [-0.25, -0.2) is 0 Å². The Morgan fingerprint density at radius 3 is 1.90 bits per heavy atom. The van der Waals surface area contributed by atoms with Gasteiger partial charge in [-0.1, -0.05) is 115 Å². The highest BCUT2D eigenvalue weighted by atomic mass is 14.3. The van der Waals surface area contributed by atoms with E-state index >= 15 is 0 Å². The molecule has 0 bridgehead atoms. The van der Waals surface area contributed by atoms with E-state index in [0.717, 1.165) is 6.42 Å². The van der Waals surface area contributed by atoms with Crippen molar-refractivity contribution in [1.29, 1.82) is 0 Å². The zero-order valence-corrected chi connectivity index (χ0v) is 23.3. The van der Waals surface area contributed by atoms with Crippen LogP contribution in [0.4, 0.5) is 0 Å². The van der Waals surface area contributed by atoms with Crippen molar-refractivity contribution in [3.05, 3.63) is 131 Å². The van der Waals surface area contributed by atoms with Gasteiger partial charge in [-0.2, -0.15) is 0 Å². The van der Waals surface area contributed by atoms with Gasteiger partial charge in [0.05, 0.1) is 0 Å². The van der Waals surface area contributed by atoms with Crippen LogP contribution in [0.1, 0.15) is 30.7 Å². The van der Waals surface area contributed by atoms with Crippen molar-refractivity contribution in [3.63, 3.8) is 0 Å². The van der Waals surface area contributed by atoms with Crippen LogP contribution in [0, 0.1) is 0 Å². The first kappa shape index (κ1) is 22.7. The highest BCUT2D eigenvalue weighted by Gasteiger charge is 2.22. The van der Waals surface area contributed by atoms with E-state index in [1.165, 1.54) is 99.4 Å². The molecule has 0 radical (unpaired) electrons. The van der Waals surface area contributed by atoms with Crippen LogP contribution in [0.3, 0.4) is 0 Å². The summed E-state index contributed by atoms with van der Waals surface area (Å²) in [5.41, 5.74) is 6.84. The highest BCUT2D eigenvalue weighted by molar-refractivity contribution is 6.25. The molecule has 0 aliphatic heterocycles. The van der Waals surface area contributed by atoms with Crippen molar-refractivity contribution in [2.45, 2.75) is 25.2 Å². The average molecular weight is 533 g/mol. The van der Waals surface area contributed by atoms with Crippen molar-refractivity contribution in [1.82, 2.24) is 0 Å². The van der Waals surface area contributed by atoms with Gasteiger partial charge >= 0.3 is 0 Å². The summed E-state index contributed by atoms with van der Waals surface area (Å²) in [5, 5.41) is 16.4. The van der Waals surface area contributed by atoms with Crippen LogP contribution < -0.4 is 10.4 Å². The first-order valence-corrected chi connectivity index (χ1v) is 15.3. The molecule has 0 heteroatoms. The van der Waals surface area contributed by atoms with Crippen LogP contribution in [0.25, 0.3) is 88.3 Å². The fourth-order valence-electron chi connectivity index (χ4n) is 8.22. The molecule has 0 fully saturated rings. The van der Waals surface area contributed by atoms with Crippen LogP contribution in [-0.2, 0) is 0 Å². The lowest BCUT2D eigenvalue weighted by Crippen LogP contribution is -2.25. The first-order chi connectivity index (χ1) is 20.8. The largest absolute Gasteiger partial charge is 0.0769 e. The second-order valence-corrected chi connectivity index (χ2v) is 12.4. The molecule has 1 atom stereocenters. The van der Waals surface area contributed by atoms with E-state index in [9.17, 15) is 0 Å². The Morgan fingerprint density at radius 2 is 1.10 bits per heavy atom. The summed E-state index contributed by atoms with van der Waals surface area (Å²) in [5.74, 6) is 0.672. The summed E-state index contributed by atoms with van der Waals surface area (Å²) < 4.78 is 0. The molecular weight excluding hydrogens is 504 g/mol. The molecule has 0 amide bonds. The molecule has 2 aliphatic rings. The van der Waals surface area contributed by atoms with Crippen LogP contribution in [-0.4, -0.2) is 0 Å². The second kappa shape index (κ2) is 8.30. The van der Waals surface area contributed by atoms with Crippen molar-refractivity contribution in [2.24, 2.45) is 0 Å². The van der Waals surface area contributed by atoms with E-state index in [4.69, 9.17) is 0 Å². The average Bonchev–Trinajstić information content (AvgIpc) is 3.05. The van der Waals surface area contributed by atoms with Crippen LogP contribution in [0.5, 0.6) is 0 Å². The SMILES string of the molecule is C1=c2ccc3ccc(-c4ccc5cc(-c6ccc7ccc8cccc9ccc6c7c89)ccc5c4)c4c3c2C(CC=4)CC1. The predicted molar refractivity (Wildman–Crippen MR) is 181 cm³/mol. The molecule has 2 aliphatic carbocycles. The van der Waals surface area contributed by atoms with E-state index in [-0.39, 0.29) is 0 Å². The van der Waals surface area contributed by atoms with Gasteiger partial charge in [-0.05, 0) is 129 Å². The zero-order chi connectivity index (χ0) is 27.4. The fraction of sp³-hybridized carbons (Fsp3) is 0.0952. The maximum atomic E-state index is 2.52. The molecule has 8 aromatic rings. The molecule has 0 nitrogen and oxygen atoms in total. The second-order valence-electron chi connectivity index (χ2n) is 12.4. The standard InChI is InChI=1S/C42H28/c1-3-25-7-9-29-15-19-35(37-21-17-27(5-1)39(25)41(29)37)33-13-11-32-24-34(14-12-31(32)23-33)36-20-16-30-10-8-26-4-2-6-28-18-22-38(36)42(30)40(26)28/h1,3-5,7-17,19-24,28H,2,6,18H2. The minimum absolute atomic E-state index is 0.672. The molecule has 42 heavy (non-hydrogen) atoms. The molecule has 0 saturated carbocycles. The molecule has 1 unspecified atom stereocenters. The maximum absolute atomic E-state index is 2.52. The molecule has 196 valence electrons. The predicted octanol–water partition coefficient (Wildman–Crippen LogP) is 10.1. The lowest BCUT2D eigenvalue weighted by Gasteiger charge is -2.26. The summed E-state index contributed by atoms with van der Waals surface area (Å²) in [6.07, 6.45) is 8.59. The number of fused-ring (bicyclic) bond motifs is 1. The lowest BCUT2D eigenvalue weighted by molar-refractivity contribution is 0.647. The quantitative estimate of drug-likeness (QED) is 0.194. The molecule has 0 spiro atoms. The van der Waals surface area contributed by atoms with Crippen molar-refractivity contribution in [3.8, 4) is 22.3 Å². The van der Waals surface area contributed by atoms with Gasteiger partial charge in [0, 0.05) is 0 Å². The van der Waals surface area contributed by atoms with Gasteiger partial charge in [0.2, 0.25) is 0 Å². The van der Waals surface area contributed by atoms with Crippen LogP contribution in [0.15, 0.2) is 115 Å². The Hall–Kier alpha value is -4.94. The molecule has 0 N–H and O–H groups in total. The van der Waals surface area contributed by atoms with Crippen LogP contribution >= 0.6 is 0 Å². The van der Waals surface area contributed by atoms with E-state index in [0.29, 0.717) is 5.92 Å². The van der Waals surface area contributed by atoms with E-state index in [1.54, 1.807) is 5.56 Å². The maximum Gasteiger partial charge on any atom is -0.00206 e. The molecule has 10 rings (SSSR count). The van der Waals surface area contributed by atoms with E-state index < -0.39 is 0 Å². The smallest absolute Gasteiger partial charge is 0.00206 e. The van der Waals surface area contributed by atoms with Gasteiger partial charge in [0.25, 0.3) is 0 Å². The molecule has 0 saturated heterocycles. The number of hydrogen-bond donors (Lipinski definition) is 0. The normalized spacial score (nSPS) is 16.0. The summed E-state index contributed by atoms with van der Waals surface area (Å²) in [6, 6.07) is 43.7. The summed E-state index contributed by atoms with van der Waals surface area (Å²) in [6.45, 7) is 0. The monoisotopic (exact) mass is 532 g/mol. The minimum Gasteiger partial charge on any atom is -0.0769 e. The molecule has 0 aromatic heterocycles.